The summed E-state index contributed by atoms with van der Waals surface area (Å²) in [4.78, 5) is 13.7. The van der Waals surface area contributed by atoms with Gasteiger partial charge >= 0.3 is 5.97 Å². The molecular formula is C21H24INO2. The molecule has 132 valence electrons. The van der Waals surface area contributed by atoms with E-state index in [1.165, 1.54) is 20.3 Å². The zero-order valence-corrected chi connectivity index (χ0v) is 16.6. The molecule has 0 spiro atoms. The van der Waals surface area contributed by atoms with E-state index < -0.39 is 5.97 Å². The van der Waals surface area contributed by atoms with E-state index in [-0.39, 0.29) is 18.4 Å². The van der Waals surface area contributed by atoms with Crippen molar-refractivity contribution in [3.05, 3.63) is 68.8 Å². The highest BCUT2D eigenvalue weighted by atomic mass is 127. The van der Waals surface area contributed by atoms with Crippen LogP contribution in [0.2, 0.25) is 0 Å². The molecule has 1 N–H and O–H groups in total. The van der Waals surface area contributed by atoms with Gasteiger partial charge in [-0.15, -0.1) is 0 Å². The van der Waals surface area contributed by atoms with E-state index in [0.29, 0.717) is 0 Å². The lowest BCUT2D eigenvalue weighted by molar-refractivity contribution is -0.138. The van der Waals surface area contributed by atoms with Crippen LogP contribution < -0.4 is 0 Å². The van der Waals surface area contributed by atoms with Crippen molar-refractivity contribution >= 4 is 28.6 Å². The van der Waals surface area contributed by atoms with E-state index in [9.17, 15) is 9.90 Å². The standard InChI is InChI=1S/C21H24INO2/c1-15-2-6-18(7-3-15)20-12-17(13-21(24)25)10-11-23(20)14-16-4-8-19(22)9-5-16/h2-9,17,20H,10-14H2,1H3,(H,24,25)/t17-,20+/m1/s1. The van der Waals surface area contributed by atoms with E-state index in [1.54, 1.807) is 0 Å². The van der Waals surface area contributed by atoms with Crippen LogP contribution in [0.5, 0.6) is 0 Å². The van der Waals surface area contributed by atoms with Gasteiger partial charge < -0.3 is 5.11 Å². The third-order valence-corrected chi connectivity index (χ3v) is 5.77. The van der Waals surface area contributed by atoms with Crippen molar-refractivity contribution in [2.75, 3.05) is 6.54 Å². The van der Waals surface area contributed by atoms with Crippen LogP contribution in [-0.4, -0.2) is 22.5 Å². The average Bonchev–Trinajstić information content (AvgIpc) is 2.58. The SMILES string of the molecule is Cc1ccc([C@@H]2C[C@H](CC(=O)O)CCN2Cc2ccc(I)cc2)cc1. The predicted octanol–water partition coefficient (Wildman–Crippen LogP) is 5.03. The summed E-state index contributed by atoms with van der Waals surface area (Å²) in [5.74, 6) is -0.421. The van der Waals surface area contributed by atoms with Crippen LogP contribution in [0.1, 0.15) is 42.0 Å². The van der Waals surface area contributed by atoms with Crippen LogP contribution in [0.15, 0.2) is 48.5 Å². The zero-order chi connectivity index (χ0) is 17.8. The van der Waals surface area contributed by atoms with Gasteiger partial charge in [-0.05, 0) is 78.1 Å². The highest BCUT2D eigenvalue weighted by molar-refractivity contribution is 14.1. The molecule has 0 aromatic heterocycles. The molecule has 1 aliphatic heterocycles. The summed E-state index contributed by atoms with van der Waals surface area (Å²) >= 11 is 2.33. The summed E-state index contributed by atoms with van der Waals surface area (Å²) in [5, 5.41) is 9.17. The monoisotopic (exact) mass is 449 g/mol. The Labute approximate surface area is 163 Å². The largest absolute Gasteiger partial charge is 0.481 e. The molecule has 1 fully saturated rings. The van der Waals surface area contributed by atoms with Crippen LogP contribution in [-0.2, 0) is 11.3 Å². The minimum atomic E-state index is -0.682. The summed E-state index contributed by atoms with van der Waals surface area (Å²) in [6.45, 7) is 3.96. The summed E-state index contributed by atoms with van der Waals surface area (Å²) in [7, 11) is 0. The predicted molar refractivity (Wildman–Crippen MR) is 108 cm³/mol. The van der Waals surface area contributed by atoms with Crippen molar-refractivity contribution in [3.63, 3.8) is 0 Å². The number of aryl methyl sites for hydroxylation is 1. The van der Waals surface area contributed by atoms with E-state index in [4.69, 9.17) is 0 Å². The van der Waals surface area contributed by atoms with Crippen molar-refractivity contribution < 1.29 is 9.90 Å². The normalized spacial score (nSPS) is 21.2. The van der Waals surface area contributed by atoms with Crippen molar-refractivity contribution in [1.82, 2.24) is 4.90 Å². The fourth-order valence-corrected chi connectivity index (χ4v) is 4.03. The molecule has 2 aromatic carbocycles. The van der Waals surface area contributed by atoms with Gasteiger partial charge in [0.15, 0.2) is 0 Å². The molecule has 4 heteroatoms. The lowest BCUT2D eigenvalue weighted by Crippen LogP contribution is -2.37. The number of piperidine rings is 1. The number of carbonyl (C=O) groups is 1. The first-order valence-electron chi connectivity index (χ1n) is 8.78. The summed E-state index contributed by atoms with van der Waals surface area (Å²) < 4.78 is 1.25. The third-order valence-electron chi connectivity index (χ3n) is 5.05. The lowest BCUT2D eigenvalue weighted by atomic mass is 9.85. The molecule has 0 unspecified atom stereocenters. The second kappa shape index (κ2) is 8.32. The quantitative estimate of drug-likeness (QED) is 0.652. The van der Waals surface area contributed by atoms with Crippen molar-refractivity contribution in [3.8, 4) is 0 Å². The number of nitrogens with zero attached hydrogens (tertiary/aromatic N) is 1. The second-order valence-corrected chi connectivity index (χ2v) is 8.26. The molecule has 1 heterocycles. The molecule has 0 bridgehead atoms. The first-order chi connectivity index (χ1) is 12.0. The van der Waals surface area contributed by atoms with Gasteiger partial charge in [0.1, 0.15) is 0 Å². The minimum absolute atomic E-state index is 0.261. The second-order valence-electron chi connectivity index (χ2n) is 7.01. The first kappa shape index (κ1) is 18.4. The molecule has 1 saturated heterocycles. The average molecular weight is 449 g/mol. The number of aliphatic carboxylic acids is 1. The summed E-state index contributed by atoms with van der Waals surface area (Å²) in [6, 6.07) is 17.7. The maximum Gasteiger partial charge on any atom is 0.303 e. The molecule has 3 rings (SSSR count). The molecule has 3 nitrogen and oxygen atoms in total. The maximum atomic E-state index is 11.1. The number of hydrogen-bond acceptors (Lipinski definition) is 2. The van der Waals surface area contributed by atoms with Gasteiger partial charge in [0.2, 0.25) is 0 Å². The Morgan fingerprint density at radius 1 is 1.16 bits per heavy atom. The Morgan fingerprint density at radius 3 is 2.48 bits per heavy atom. The zero-order valence-electron chi connectivity index (χ0n) is 14.5. The van der Waals surface area contributed by atoms with Gasteiger partial charge in [0.25, 0.3) is 0 Å². The van der Waals surface area contributed by atoms with Gasteiger partial charge in [-0.3, -0.25) is 9.69 Å². The van der Waals surface area contributed by atoms with Crippen molar-refractivity contribution in [1.29, 1.82) is 0 Å². The molecule has 0 radical (unpaired) electrons. The van der Waals surface area contributed by atoms with Crippen LogP contribution in [0.3, 0.4) is 0 Å². The number of carboxylic acids is 1. The van der Waals surface area contributed by atoms with Crippen molar-refractivity contribution in [2.45, 2.75) is 38.8 Å². The number of halogens is 1. The fourth-order valence-electron chi connectivity index (χ4n) is 3.67. The van der Waals surface area contributed by atoms with E-state index >= 15 is 0 Å². The van der Waals surface area contributed by atoms with Gasteiger partial charge in [-0.25, -0.2) is 0 Å². The van der Waals surface area contributed by atoms with E-state index in [2.05, 4.69) is 82.9 Å². The Balaban J connectivity index is 1.80. The minimum Gasteiger partial charge on any atom is -0.481 e. The highest BCUT2D eigenvalue weighted by Gasteiger charge is 2.30. The lowest BCUT2D eigenvalue weighted by Gasteiger charge is -2.39. The number of rotatable bonds is 5. The molecule has 0 saturated carbocycles. The van der Waals surface area contributed by atoms with Crippen molar-refractivity contribution in [2.24, 2.45) is 5.92 Å². The Kier molecular flexibility index (Phi) is 6.12. The third kappa shape index (κ3) is 5.05. The molecule has 0 amide bonds. The van der Waals surface area contributed by atoms with Gasteiger partial charge in [-0.1, -0.05) is 42.0 Å². The Bertz CT molecular complexity index is 712. The first-order valence-corrected chi connectivity index (χ1v) is 9.86. The van der Waals surface area contributed by atoms with Gasteiger partial charge in [0.05, 0.1) is 0 Å². The molecular weight excluding hydrogens is 425 g/mol. The fraction of sp³-hybridized carbons (Fsp3) is 0.381. The van der Waals surface area contributed by atoms with Gasteiger partial charge in [0, 0.05) is 22.6 Å². The maximum absolute atomic E-state index is 11.1. The molecule has 0 aliphatic carbocycles. The molecule has 1 aliphatic rings. The van der Waals surface area contributed by atoms with Crippen LogP contribution >= 0.6 is 22.6 Å². The van der Waals surface area contributed by atoms with Crippen LogP contribution in [0, 0.1) is 16.4 Å². The highest BCUT2D eigenvalue weighted by Crippen LogP contribution is 2.36. The number of benzene rings is 2. The van der Waals surface area contributed by atoms with Crippen LogP contribution in [0.25, 0.3) is 0 Å². The van der Waals surface area contributed by atoms with Gasteiger partial charge in [-0.2, -0.15) is 0 Å². The Morgan fingerprint density at radius 2 is 1.84 bits per heavy atom. The smallest absolute Gasteiger partial charge is 0.303 e. The summed E-state index contributed by atoms with van der Waals surface area (Å²) in [5.41, 5.74) is 3.87. The molecule has 2 atom stereocenters. The summed E-state index contributed by atoms with van der Waals surface area (Å²) in [6.07, 6.45) is 2.15. The molecule has 2 aromatic rings. The Hall–Kier alpha value is -1.40. The van der Waals surface area contributed by atoms with E-state index in [0.717, 1.165) is 25.9 Å². The van der Waals surface area contributed by atoms with Crippen LogP contribution in [0.4, 0.5) is 0 Å². The molecule has 25 heavy (non-hydrogen) atoms. The van der Waals surface area contributed by atoms with E-state index in [1.807, 2.05) is 0 Å². The number of hydrogen-bond donors (Lipinski definition) is 1. The number of carboxylic acid groups (broad SMARTS) is 1. The number of likely N-dealkylation sites (tertiary alicyclic amines) is 1. The topological polar surface area (TPSA) is 40.5 Å².